The van der Waals surface area contributed by atoms with E-state index < -0.39 is 0 Å². The van der Waals surface area contributed by atoms with Gasteiger partial charge in [0.25, 0.3) is 0 Å². The summed E-state index contributed by atoms with van der Waals surface area (Å²) in [7, 11) is 0. The summed E-state index contributed by atoms with van der Waals surface area (Å²) in [6.45, 7) is 8.18. The highest BCUT2D eigenvalue weighted by Crippen LogP contribution is 2.26. The quantitative estimate of drug-likeness (QED) is 0.865. The van der Waals surface area contributed by atoms with Crippen LogP contribution in [0.5, 0.6) is 0 Å². The second-order valence-electron chi connectivity index (χ2n) is 5.82. The molecule has 2 rings (SSSR count). The van der Waals surface area contributed by atoms with E-state index >= 15 is 0 Å². The van der Waals surface area contributed by atoms with E-state index in [4.69, 9.17) is 0 Å². The van der Waals surface area contributed by atoms with E-state index in [1.807, 2.05) is 5.38 Å². The van der Waals surface area contributed by atoms with Crippen molar-refractivity contribution in [3.8, 4) is 0 Å². The number of nitrogens with zero attached hydrogens (tertiary/aromatic N) is 1. The van der Waals surface area contributed by atoms with E-state index in [1.54, 1.807) is 0 Å². The summed E-state index contributed by atoms with van der Waals surface area (Å²) in [5, 5.41) is 8.93. The van der Waals surface area contributed by atoms with Crippen LogP contribution in [0.2, 0.25) is 0 Å². The van der Waals surface area contributed by atoms with Gasteiger partial charge in [0.05, 0.1) is 11.6 Å². The molecule has 0 bridgehead atoms. The third-order valence-corrected chi connectivity index (χ3v) is 3.93. The van der Waals surface area contributed by atoms with Crippen LogP contribution >= 0.6 is 11.3 Å². The number of amides is 1. The van der Waals surface area contributed by atoms with Gasteiger partial charge in [0, 0.05) is 17.3 Å². The van der Waals surface area contributed by atoms with Crippen LogP contribution < -0.4 is 10.6 Å². The average Bonchev–Trinajstić information content (AvgIpc) is 2.78. The number of anilines is 1. The Morgan fingerprint density at radius 2 is 2.33 bits per heavy atom. The zero-order valence-electron chi connectivity index (χ0n) is 11.2. The molecule has 2 N–H and O–H groups in total. The van der Waals surface area contributed by atoms with Gasteiger partial charge in [-0.05, 0) is 19.4 Å². The number of carbonyl (C=O) groups excluding carboxylic acids is 1. The van der Waals surface area contributed by atoms with Gasteiger partial charge in [-0.3, -0.25) is 4.79 Å². The van der Waals surface area contributed by atoms with Crippen LogP contribution in [-0.2, 0) is 10.2 Å². The van der Waals surface area contributed by atoms with Crippen LogP contribution in [0.25, 0.3) is 0 Å². The van der Waals surface area contributed by atoms with E-state index in [0.717, 1.165) is 36.8 Å². The predicted molar refractivity (Wildman–Crippen MR) is 75.0 cm³/mol. The zero-order valence-corrected chi connectivity index (χ0v) is 12.1. The van der Waals surface area contributed by atoms with Crippen LogP contribution in [0, 0.1) is 5.92 Å². The smallest absolute Gasteiger partial charge is 0.230 e. The summed E-state index contributed by atoms with van der Waals surface area (Å²) in [5.41, 5.74) is 1.07. The van der Waals surface area contributed by atoms with E-state index in [-0.39, 0.29) is 17.2 Å². The molecule has 5 heteroatoms. The first-order valence-electron chi connectivity index (χ1n) is 6.44. The summed E-state index contributed by atoms with van der Waals surface area (Å²) >= 11 is 1.51. The third-order valence-electron chi connectivity index (χ3n) is 3.17. The van der Waals surface area contributed by atoms with E-state index in [1.165, 1.54) is 11.3 Å². The first-order valence-corrected chi connectivity index (χ1v) is 7.32. The molecule has 1 atom stereocenters. The number of rotatable bonds is 2. The van der Waals surface area contributed by atoms with E-state index in [9.17, 15) is 4.79 Å². The Hall–Kier alpha value is -0.940. The Bertz CT molecular complexity index is 416. The fourth-order valence-electron chi connectivity index (χ4n) is 1.96. The maximum absolute atomic E-state index is 12.0. The van der Waals surface area contributed by atoms with Gasteiger partial charge in [0.15, 0.2) is 5.13 Å². The molecule has 1 fully saturated rings. The van der Waals surface area contributed by atoms with Crippen molar-refractivity contribution in [2.75, 3.05) is 18.4 Å². The molecule has 0 unspecified atom stereocenters. The Labute approximate surface area is 112 Å². The molecule has 2 heterocycles. The molecular weight excluding hydrogens is 246 g/mol. The number of nitrogens with one attached hydrogen (secondary N) is 2. The number of thiazole rings is 1. The van der Waals surface area contributed by atoms with Gasteiger partial charge in [-0.15, -0.1) is 11.3 Å². The van der Waals surface area contributed by atoms with Crippen LogP contribution in [-0.4, -0.2) is 24.0 Å². The molecule has 1 saturated heterocycles. The molecule has 1 amide bonds. The largest absolute Gasteiger partial charge is 0.316 e. The van der Waals surface area contributed by atoms with Crippen molar-refractivity contribution in [3.05, 3.63) is 11.1 Å². The minimum atomic E-state index is 0.0336. The number of piperidine rings is 1. The molecular formula is C13H21N3OS. The maximum Gasteiger partial charge on any atom is 0.230 e. The van der Waals surface area contributed by atoms with Gasteiger partial charge in [0.1, 0.15) is 0 Å². The molecule has 1 aliphatic heterocycles. The van der Waals surface area contributed by atoms with Crippen LogP contribution in [0.4, 0.5) is 5.13 Å². The van der Waals surface area contributed by atoms with Crippen molar-refractivity contribution in [1.29, 1.82) is 0 Å². The molecule has 0 saturated carbocycles. The standard InChI is InChI=1S/C13H21N3OS/c1-13(2,3)10-8-18-12(15-10)16-11(17)9-5-4-6-14-7-9/h8-9,14H,4-7H2,1-3H3,(H,15,16,17)/t9-/m0/s1. The highest BCUT2D eigenvalue weighted by molar-refractivity contribution is 7.13. The Balaban J connectivity index is 1.96. The number of aromatic nitrogens is 1. The normalized spacial score (nSPS) is 20.7. The fraction of sp³-hybridized carbons (Fsp3) is 0.692. The molecule has 0 aromatic carbocycles. The number of hydrogen-bond donors (Lipinski definition) is 2. The summed E-state index contributed by atoms with van der Waals surface area (Å²) in [6.07, 6.45) is 2.04. The first kappa shape index (κ1) is 13.5. The maximum atomic E-state index is 12.0. The van der Waals surface area contributed by atoms with Gasteiger partial charge in [0.2, 0.25) is 5.91 Å². The Morgan fingerprint density at radius 3 is 2.89 bits per heavy atom. The lowest BCUT2D eigenvalue weighted by Crippen LogP contribution is -2.37. The van der Waals surface area contributed by atoms with Crippen molar-refractivity contribution in [2.24, 2.45) is 5.92 Å². The predicted octanol–water partition coefficient (Wildman–Crippen LogP) is 2.38. The molecule has 4 nitrogen and oxygen atoms in total. The van der Waals surface area contributed by atoms with E-state index in [2.05, 4.69) is 36.4 Å². The second kappa shape index (κ2) is 5.36. The summed E-state index contributed by atoms with van der Waals surface area (Å²) in [4.78, 5) is 16.5. The molecule has 1 aromatic heterocycles. The van der Waals surface area contributed by atoms with Gasteiger partial charge < -0.3 is 10.6 Å². The lowest BCUT2D eigenvalue weighted by atomic mass is 9.93. The number of carbonyl (C=O) groups is 1. The Morgan fingerprint density at radius 1 is 1.56 bits per heavy atom. The first-order chi connectivity index (χ1) is 8.47. The van der Waals surface area contributed by atoms with Crippen LogP contribution in [0.1, 0.15) is 39.3 Å². The lowest BCUT2D eigenvalue weighted by Gasteiger charge is -2.21. The minimum Gasteiger partial charge on any atom is -0.316 e. The lowest BCUT2D eigenvalue weighted by molar-refractivity contribution is -0.120. The van der Waals surface area contributed by atoms with Gasteiger partial charge >= 0.3 is 0 Å². The topological polar surface area (TPSA) is 54.0 Å². The Kier molecular flexibility index (Phi) is 4.02. The number of hydrogen-bond acceptors (Lipinski definition) is 4. The second-order valence-corrected chi connectivity index (χ2v) is 6.68. The van der Waals surface area contributed by atoms with Gasteiger partial charge in [-0.1, -0.05) is 20.8 Å². The highest BCUT2D eigenvalue weighted by Gasteiger charge is 2.23. The van der Waals surface area contributed by atoms with E-state index in [0.29, 0.717) is 0 Å². The molecule has 0 spiro atoms. The zero-order chi connectivity index (χ0) is 13.2. The van der Waals surface area contributed by atoms with Gasteiger partial charge in [-0.25, -0.2) is 4.98 Å². The molecule has 1 aliphatic rings. The highest BCUT2D eigenvalue weighted by atomic mass is 32.1. The molecule has 0 aliphatic carbocycles. The summed E-state index contributed by atoms with van der Waals surface area (Å²) in [5.74, 6) is 0.178. The summed E-state index contributed by atoms with van der Waals surface area (Å²) < 4.78 is 0. The van der Waals surface area contributed by atoms with Crippen molar-refractivity contribution >= 4 is 22.4 Å². The molecule has 0 radical (unpaired) electrons. The van der Waals surface area contributed by atoms with Crippen LogP contribution in [0.15, 0.2) is 5.38 Å². The van der Waals surface area contributed by atoms with Crippen molar-refractivity contribution in [1.82, 2.24) is 10.3 Å². The SMILES string of the molecule is CC(C)(C)c1csc(NC(=O)[C@H]2CCCNC2)n1. The average molecular weight is 267 g/mol. The fourth-order valence-corrected chi connectivity index (χ4v) is 2.90. The molecule has 100 valence electrons. The molecule has 18 heavy (non-hydrogen) atoms. The monoisotopic (exact) mass is 267 g/mol. The molecule has 1 aromatic rings. The summed E-state index contributed by atoms with van der Waals surface area (Å²) in [6, 6.07) is 0. The van der Waals surface area contributed by atoms with Gasteiger partial charge in [-0.2, -0.15) is 0 Å². The van der Waals surface area contributed by atoms with Crippen molar-refractivity contribution < 1.29 is 4.79 Å². The van der Waals surface area contributed by atoms with Crippen molar-refractivity contribution in [3.63, 3.8) is 0 Å². The minimum absolute atomic E-state index is 0.0336. The van der Waals surface area contributed by atoms with Crippen LogP contribution in [0.3, 0.4) is 0 Å². The van der Waals surface area contributed by atoms with Crippen molar-refractivity contribution in [2.45, 2.75) is 39.0 Å². The third kappa shape index (κ3) is 3.29.